The molecule has 0 unspecified atom stereocenters. The van der Waals surface area contributed by atoms with Crippen molar-refractivity contribution in [2.24, 2.45) is 0 Å². The molecule has 2 aromatic carbocycles. The summed E-state index contributed by atoms with van der Waals surface area (Å²) < 4.78 is 10.6. The number of nitrogens with zero attached hydrogens (tertiary/aromatic N) is 3. The largest absolute Gasteiger partial charge is 0.462 e. The topological polar surface area (TPSA) is 127 Å². The predicted molar refractivity (Wildman–Crippen MR) is 161 cm³/mol. The van der Waals surface area contributed by atoms with Gasteiger partial charge in [-0.05, 0) is 79.8 Å². The summed E-state index contributed by atoms with van der Waals surface area (Å²) in [6, 6.07) is 13.9. The molecule has 0 amide bonds. The van der Waals surface area contributed by atoms with E-state index in [0.29, 0.717) is 60.1 Å². The van der Waals surface area contributed by atoms with Gasteiger partial charge >= 0.3 is 11.9 Å². The minimum atomic E-state index is -0.344. The molecule has 1 aromatic heterocycles. The molecule has 0 bridgehead atoms. The Hall–Kier alpha value is -3.86. The standard InChI is InChI=1S/C29H38N6O4S/c1-4-6-18-38-25(36)21-9-13-23(14-10-21)31-28-33-27(30-17-8-20-40-3)34-29(35-28)32-24-15-11-22(12-16-24)26(37)39-19-7-5-2/h9-16H,4-8,17-20H2,1-3H3,(H3,30,31,32,33,34,35). The van der Waals surface area contributed by atoms with Crippen molar-refractivity contribution in [1.29, 1.82) is 0 Å². The number of esters is 2. The molecule has 3 aromatic rings. The summed E-state index contributed by atoms with van der Waals surface area (Å²) in [5.74, 6) is 1.42. The predicted octanol–water partition coefficient (Wildman–Crippen LogP) is 6.44. The molecule has 0 saturated carbocycles. The number of nitrogens with one attached hydrogen (secondary N) is 3. The van der Waals surface area contributed by atoms with Crippen LogP contribution in [0.4, 0.5) is 29.2 Å². The van der Waals surface area contributed by atoms with Crippen LogP contribution in [-0.2, 0) is 9.47 Å². The van der Waals surface area contributed by atoms with Gasteiger partial charge < -0.3 is 25.4 Å². The molecule has 11 heteroatoms. The summed E-state index contributed by atoms with van der Waals surface area (Å²) in [5, 5.41) is 9.61. The van der Waals surface area contributed by atoms with Crippen molar-refractivity contribution in [3.63, 3.8) is 0 Å². The number of carbonyl (C=O) groups excluding carboxylic acids is 2. The molecule has 0 saturated heterocycles. The highest BCUT2D eigenvalue weighted by atomic mass is 32.2. The number of rotatable bonds is 17. The number of aromatic nitrogens is 3. The van der Waals surface area contributed by atoms with Crippen LogP contribution in [0.5, 0.6) is 0 Å². The highest BCUT2D eigenvalue weighted by Crippen LogP contribution is 2.20. The number of hydrogen-bond acceptors (Lipinski definition) is 11. The maximum absolute atomic E-state index is 12.2. The summed E-state index contributed by atoms with van der Waals surface area (Å²) in [6.45, 7) is 5.63. The van der Waals surface area contributed by atoms with Crippen LogP contribution in [-0.4, -0.2) is 58.7 Å². The van der Waals surface area contributed by atoms with Crippen LogP contribution in [0, 0.1) is 0 Å². The fraction of sp³-hybridized carbons (Fsp3) is 0.414. The van der Waals surface area contributed by atoms with E-state index in [1.807, 2.05) is 13.8 Å². The Morgan fingerprint density at radius 2 is 1.15 bits per heavy atom. The van der Waals surface area contributed by atoms with E-state index in [1.54, 1.807) is 60.3 Å². The molecule has 0 spiro atoms. The molecular formula is C29H38N6O4S. The first-order valence-electron chi connectivity index (χ1n) is 13.6. The lowest BCUT2D eigenvalue weighted by Crippen LogP contribution is -2.11. The lowest BCUT2D eigenvalue weighted by Gasteiger charge is -2.12. The van der Waals surface area contributed by atoms with Crippen molar-refractivity contribution in [3.05, 3.63) is 59.7 Å². The first kappa shape index (κ1) is 30.7. The van der Waals surface area contributed by atoms with Gasteiger partial charge in [0.05, 0.1) is 24.3 Å². The zero-order valence-corrected chi connectivity index (χ0v) is 24.2. The van der Waals surface area contributed by atoms with E-state index in [2.05, 4.69) is 37.2 Å². The summed E-state index contributed by atoms with van der Waals surface area (Å²) >= 11 is 1.78. The van der Waals surface area contributed by atoms with Crippen LogP contribution in [0.15, 0.2) is 48.5 Å². The van der Waals surface area contributed by atoms with Crippen molar-refractivity contribution >= 4 is 52.9 Å². The smallest absolute Gasteiger partial charge is 0.338 e. The van der Waals surface area contributed by atoms with Crippen LogP contribution in [0.3, 0.4) is 0 Å². The molecule has 0 aliphatic heterocycles. The Labute approximate surface area is 240 Å². The van der Waals surface area contributed by atoms with Gasteiger partial charge in [-0.15, -0.1) is 0 Å². The second kappa shape index (κ2) is 17.0. The van der Waals surface area contributed by atoms with Crippen molar-refractivity contribution < 1.29 is 19.1 Å². The molecule has 10 nitrogen and oxygen atoms in total. The maximum atomic E-state index is 12.2. The van der Waals surface area contributed by atoms with E-state index >= 15 is 0 Å². The van der Waals surface area contributed by atoms with Gasteiger partial charge in [0.25, 0.3) is 0 Å². The third kappa shape index (κ3) is 10.4. The van der Waals surface area contributed by atoms with E-state index in [4.69, 9.17) is 9.47 Å². The van der Waals surface area contributed by atoms with Crippen molar-refractivity contribution in [1.82, 2.24) is 15.0 Å². The highest BCUT2D eigenvalue weighted by molar-refractivity contribution is 7.98. The van der Waals surface area contributed by atoms with Gasteiger partial charge in [-0.3, -0.25) is 0 Å². The second-order valence-corrected chi connectivity index (χ2v) is 9.95. The normalized spacial score (nSPS) is 10.6. The third-order valence-corrected chi connectivity index (χ3v) is 6.36. The van der Waals surface area contributed by atoms with Crippen molar-refractivity contribution in [3.8, 4) is 0 Å². The Kier molecular flexibility index (Phi) is 13.0. The lowest BCUT2D eigenvalue weighted by atomic mass is 10.2. The monoisotopic (exact) mass is 566 g/mol. The van der Waals surface area contributed by atoms with Crippen molar-refractivity contribution in [2.45, 2.75) is 46.0 Å². The van der Waals surface area contributed by atoms with E-state index in [1.165, 1.54) is 0 Å². The average molecular weight is 567 g/mol. The SMILES string of the molecule is CCCCOC(=O)c1ccc(Nc2nc(NCCCSC)nc(Nc3ccc(C(=O)OCCCC)cc3)n2)cc1. The number of thioether (sulfide) groups is 1. The van der Waals surface area contributed by atoms with Gasteiger partial charge in [0.2, 0.25) is 17.8 Å². The molecule has 1 heterocycles. The molecule has 3 rings (SSSR count). The first-order chi connectivity index (χ1) is 19.5. The highest BCUT2D eigenvalue weighted by Gasteiger charge is 2.11. The summed E-state index contributed by atoms with van der Waals surface area (Å²) in [4.78, 5) is 37.9. The summed E-state index contributed by atoms with van der Waals surface area (Å²) in [5.41, 5.74) is 2.38. The average Bonchev–Trinajstić information content (AvgIpc) is 2.96. The Morgan fingerprint density at radius 1 is 0.700 bits per heavy atom. The van der Waals surface area contributed by atoms with Gasteiger partial charge in [-0.1, -0.05) is 26.7 Å². The number of ether oxygens (including phenoxy) is 2. The summed E-state index contributed by atoms with van der Waals surface area (Å²) in [7, 11) is 0. The van der Waals surface area contributed by atoms with E-state index in [0.717, 1.165) is 37.9 Å². The number of unbranched alkanes of at least 4 members (excludes halogenated alkanes) is 2. The number of hydrogen-bond donors (Lipinski definition) is 3. The molecule has 0 radical (unpaired) electrons. The van der Waals surface area contributed by atoms with E-state index < -0.39 is 0 Å². The van der Waals surface area contributed by atoms with E-state index in [-0.39, 0.29) is 11.9 Å². The molecule has 0 atom stereocenters. The maximum Gasteiger partial charge on any atom is 0.338 e. The fourth-order valence-electron chi connectivity index (χ4n) is 3.41. The van der Waals surface area contributed by atoms with Gasteiger partial charge in [0.1, 0.15) is 0 Å². The quantitative estimate of drug-likeness (QED) is 0.123. The molecule has 0 aliphatic rings. The van der Waals surface area contributed by atoms with Crippen LogP contribution in [0.2, 0.25) is 0 Å². The minimum absolute atomic E-state index is 0.333. The Balaban J connectivity index is 1.71. The van der Waals surface area contributed by atoms with Crippen molar-refractivity contribution in [2.75, 3.05) is 47.7 Å². The number of benzene rings is 2. The molecule has 40 heavy (non-hydrogen) atoms. The molecule has 3 N–H and O–H groups in total. The van der Waals surface area contributed by atoms with Gasteiger partial charge in [0.15, 0.2) is 0 Å². The second-order valence-electron chi connectivity index (χ2n) is 8.96. The zero-order chi connectivity index (χ0) is 28.6. The fourth-order valence-corrected chi connectivity index (χ4v) is 3.84. The minimum Gasteiger partial charge on any atom is -0.462 e. The van der Waals surface area contributed by atoms with Crippen LogP contribution < -0.4 is 16.0 Å². The summed E-state index contributed by atoms with van der Waals surface area (Å²) in [6.07, 6.45) is 6.64. The molecular weight excluding hydrogens is 528 g/mol. The third-order valence-electron chi connectivity index (χ3n) is 5.66. The van der Waals surface area contributed by atoms with Crippen LogP contribution >= 0.6 is 11.8 Å². The van der Waals surface area contributed by atoms with Gasteiger partial charge in [-0.2, -0.15) is 26.7 Å². The van der Waals surface area contributed by atoms with Gasteiger partial charge in [0, 0.05) is 17.9 Å². The molecule has 0 fully saturated rings. The van der Waals surface area contributed by atoms with E-state index in [9.17, 15) is 9.59 Å². The number of carbonyl (C=O) groups is 2. The van der Waals surface area contributed by atoms with Crippen LogP contribution in [0.25, 0.3) is 0 Å². The lowest BCUT2D eigenvalue weighted by molar-refractivity contribution is 0.0490. The Bertz CT molecular complexity index is 1120. The molecule has 214 valence electrons. The van der Waals surface area contributed by atoms with Crippen LogP contribution in [0.1, 0.15) is 66.7 Å². The first-order valence-corrected chi connectivity index (χ1v) is 15.0. The van der Waals surface area contributed by atoms with Gasteiger partial charge in [-0.25, -0.2) is 9.59 Å². The Morgan fingerprint density at radius 3 is 1.57 bits per heavy atom. The molecule has 0 aliphatic carbocycles. The zero-order valence-electron chi connectivity index (χ0n) is 23.4. The number of anilines is 5.